The normalized spacial score (nSPS) is 25.6. The van der Waals surface area contributed by atoms with Gasteiger partial charge in [0.05, 0.1) is 12.1 Å². The second-order valence-electron chi connectivity index (χ2n) is 6.64. The van der Waals surface area contributed by atoms with Crippen LogP contribution in [0.4, 0.5) is 0 Å². The largest absolute Gasteiger partial charge is 0.339 e. The van der Waals surface area contributed by atoms with Crippen LogP contribution in [0.3, 0.4) is 0 Å². The van der Waals surface area contributed by atoms with Crippen LogP contribution < -0.4 is 5.32 Å². The molecule has 2 aliphatic rings. The van der Waals surface area contributed by atoms with Crippen LogP contribution in [-0.4, -0.2) is 44.2 Å². The van der Waals surface area contributed by atoms with Crippen molar-refractivity contribution < 1.29 is 4.79 Å². The van der Waals surface area contributed by atoms with Crippen molar-refractivity contribution in [3.8, 4) is 0 Å². The Balaban J connectivity index is 1.74. The van der Waals surface area contributed by atoms with Gasteiger partial charge in [-0.05, 0) is 39.5 Å². The fraction of sp³-hybridized carbons (Fsp3) is 0.812. The number of carbonyl (C=O) groups is 1. The Morgan fingerprint density at radius 3 is 2.68 bits per heavy atom. The minimum absolute atomic E-state index is 0.0746. The van der Waals surface area contributed by atoms with Crippen LogP contribution in [0.25, 0.3) is 0 Å². The molecule has 122 valence electrons. The van der Waals surface area contributed by atoms with Crippen molar-refractivity contribution in [2.24, 2.45) is 0 Å². The number of amides is 1. The van der Waals surface area contributed by atoms with Crippen molar-refractivity contribution in [2.75, 3.05) is 6.54 Å². The number of nitrogens with zero attached hydrogens (tertiary/aromatic N) is 4. The van der Waals surface area contributed by atoms with Crippen molar-refractivity contribution in [3.05, 3.63) is 11.6 Å². The van der Waals surface area contributed by atoms with Crippen LogP contribution in [0.15, 0.2) is 0 Å². The zero-order valence-corrected chi connectivity index (χ0v) is 13.9. The standard InChI is InChI=1S/C16H27N5O/c1-4-14-18-15-12(7-6-10-21(15)19-14)17-13-8-5-9-20(11(2)3)16(13)22/h11-13,17H,4-10H2,1-3H3/t12-,13+/m1/s1. The van der Waals surface area contributed by atoms with E-state index >= 15 is 0 Å². The molecule has 3 heterocycles. The first-order valence-electron chi connectivity index (χ1n) is 8.60. The first kappa shape index (κ1) is 15.5. The molecule has 1 aromatic heterocycles. The molecule has 2 atom stereocenters. The van der Waals surface area contributed by atoms with Gasteiger partial charge in [0, 0.05) is 25.6 Å². The lowest BCUT2D eigenvalue weighted by Crippen LogP contribution is -2.54. The van der Waals surface area contributed by atoms with E-state index in [1.54, 1.807) is 0 Å². The third kappa shape index (κ3) is 2.89. The van der Waals surface area contributed by atoms with E-state index in [1.807, 2.05) is 9.58 Å². The van der Waals surface area contributed by atoms with Crippen LogP contribution in [0.1, 0.15) is 64.1 Å². The average Bonchev–Trinajstić information content (AvgIpc) is 2.93. The lowest BCUT2D eigenvalue weighted by atomic mass is 10.00. The number of aromatic nitrogens is 3. The van der Waals surface area contributed by atoms with Gasteiger partial charge in [-0.2, -0.15) is 5.10 Å². The molecular formula is C16H27N5O. The Morgan fingerprint density at radius 2 is 1.95 bits per heavy atom. The third-order valence-corrected chi connectivity index (χ3v) is 4.73. The van der Waals surface area contributed by atoms with E-state index in [0.29, 0.717) is 0 Å². The second-order valence-corrected chi connectivity index (χ2v) is 6.64. The van der Waals surface area contributed by atoms with Crippen LogP contribution in [0.2, 0.25) is 0 Å². The first-order valence-corrected chi connectivity index (χ1v) is 8.60. The van der Waals surface area contributed by atoms with E-state index in [-0.39, 0.29) is 24.0 Å². The van der Waals surface area contributed by atoms with E-state index in [4.69, 9.17) is 0 Å². The maximum Gasteiger partial charge on any atom is 0.239 e. The molecule has 2 aliphatic heterocycles. The molecule has 6 nitrogen and oxygen atoms in total. The molecule has 1 amide bonds. The van der Waals surface area contributed by atoms with E-state index in [2.05, 4.69) is 36.2 Å². The molecule has 0 unspecified atom stereocenters. The fourth-order valence-electron chi connectivity index (χ4n) is 3.52. The Hall–Kier alpha value is -1.43. The van der Waals surface area contributed by atoms with E-state index in [9.17, 15) is 4.79 Å². The molecule has 1 fully saturated rings. The molecule has 1 N–H and O–H groups in total. The number of hydrogen-bond donors (Lipinski definition) is 1. The van der Waals surface area contributed by atoms with Gasteiger partial charge >= 0.3 is 0 Å². The van der Waals surface area contributed by atoms with Gasteiger partial charge in [0.1, 0.15) is 5.82 Å². The predicted molar refractivity (Wildman–Crippen MR) is 84.4 cm³/mol. The number of rotatable bonds is 4. The molecule has 3 rings (SSSR count). The number of likely N-dealkylation sites (tertiary alicyclic amines) is 1. The summed E-state index contributed by atoms with van der Waals surface area (Å²) in [6.07, 6.45) is 4.98. The maximum atomic E-state index is 12.6. The summed E-state index contributed by atoms with van der Waals surface area (Å²) in [5.41, 5.74) is 0. The summed E-state index contributed by atoms with van der Waals surface area (Å²) in [7, 11) is 0. The maximum absolute atomic E-state index is 12.6. The van der Waals surface area contributed by atoms with Gasteiger partial charge in [-0.1, -0.05) is 6.92 Å². The molecule has 22 heavy (non-hydrogen) atoms. The van der Waals surface area contributed by atoms with Crippen LogP contribution in [-0.2, 0) is 17.8 Å². The third-order valence-electron chi connectivity index (χ3n) is 4.73. The lowest BCUT2D eigenvalue weighted by Gasteiger charge is -2.37. The van der Waals surface area contributed by atoms with Gasteiger partial charge in [-0.3, -0.25) is 10.1 Å². The molecule has 1 aromatic rings. The summed E-state index contributed by atoms with van der Waals surface area (Å²) < 4.78 is 2.02. The highest BCUT2D eigenvalue weighted by Gasteiger charge is 2.34. The van der Waals surface area contributed by atoms with Crippen molar-refractivity contribution in [1.29, 1.82) is 0 Å². The molecule has 0 bridgehead atoms. The van der Waals surface area contributed by atoms with Crippen molar-refractivity contribution in [3.63, 3.8) is 0 Å². The molecule has 0 radical (unpaired) electrons. The van der Waals surface area contributed by atoms with Crippen molar-refractivity contribution >= 4 is 5.91 Å². The number of carbonyl (C=O) groups excluding carboxylic acids is 1. The van der Waals surface area contributed by atoms with Gasteiger partial charge in [-0.15, -0.1) is 0 Å². The van der Waals surface area contributed by atoms with Gasteiger partial charge in [0.25, 0.3) is 0 Å². The van der Waals surface area contributed by atoms with Crippen molar-refractivity contribution in [2.45, 2.75) is 77.5 Å². The highest BCUT2D eigenvalue weighted by Crippen LogP contribution is 2.26. The molecule has 6 heteroatoms. The highest BCUT2D eigenvalue weighted by atomic mass is 16.2. The zero-order chi connectivity index (χ0) is 15.7. The van der Waals surface area contributed by atoms with E-state index < -0.39 is 0 Å². The smallest absolute Gasteiger partial charge is 0.239 e. The minimum atomic E-state index is -0.0746. The zero-order valence-electron chi connectivity index (χ0n) is 13.9. The molecule has 0 spiro atoms. The van der Waals surface area contributed by atoms with E-state index in [1.165, 1.54) is 0 Å². The number of nitrogens with one attached hydrogen (secondary N) is 1. The lowest BCUT2D eigenvalue weighted by molar-refractivity contribution is -0.138. The molecule has 0 saturated carbocycles. The molecular weight excluding hydrogens is 278 g/mol. The summed E-state index contributed by atoms with van der Waals surface area (Å²) in [4.78, 5) is 19.3. The van der Waals surface area contributed by atoms with Gasteiger partial charge in [0.2, 0.25) is 5.91 Å². The molecule has 0 aliphatic carbocycles. The van der Waals surface area contributed by atoms with Crippen LogP contribution >= 0.6 is 0 Å². The van der Waals surface area contributed by atoms with Crippen molar-refractivity contribution in [1.82, 2.24) is 25.0 Å². The van der Waals surface area contributed by atoms with Gasteiger partial charge < -0.3 is 4.90 Å². The van der Waals surface area contributed by atoms with Crippen LogP contribution in [0, 0.1) is 0 Å². The Labute approximate surface area is 132 Å². The fourth-order valence-corrected chi connectivity index (χ4v) is 3.52. The average molecular weight is 305 g/mol. The Morgan fingerprint density at radius 1 is 1.23 bits per heavy atom. The SMILES string of the molecule is CCc1nc2n(n1)CCC[C@H]2N[C@H]1CCCN(C(C)C)C1=O. The number of aryl methyl sites for hydroxylation is 2. The number of fused-ring (bicyclic) bond motifs is 1. The van der Waals surface area contributed by atoms with Gasteiger partial charge in [-0.25, -0.2) is 9.67 Å². The minimum Gasteiger partial charge on any atom is -0.339 e. The topological polar surface area (TPSA) is 63.1 Å². The quantitative estimate of drug-likeness (QED) is 0.919. The number of piperidine rings is 1. The Bertz CT molecular complexity index is 539. The summed E-state index contributed by atoms with van der Waals surface area (Å²) in [5.74, 6) is 2.16. The summed E-state index contributed by atoms with van der Waals surface area (Å²) in [6.45, 7) is 8.08. The van der Waals surface area contributed by atoms with Crippen LogP contribution in [0.5, 0.6) is 0 Å². The highest BCUT2D eigenvalue weighted by molar-refractivity contribution is 5.82. The van der Waals surface area contributed by atoms with E-state index in [0.717, 1.165) is 56.8 Å². The first-order chi connectivity index (χ1) is 10.6. The monoisotopic (exact) mass is 305 g/mol. The predicted octanol–water partition coefficient (Wildman–Crippen LogP) is 1.66. The Kier molecular flexibility index (Phi) is 4.47. The molecule has 0 aromatic carbocycles. The number of hydrogen-bond acceptors (Lipinski definition) is 4. The summed E-state index contributed by atoms with van der Waals surface area (Å²) >= 11 is 0. The summed E-state index contributed by atoms with van der Waals surface area (Å²) in [6, 6.07) is 0.357. The second kappa shape index (κ2) is 6.36. The molecule has 1 saturated heterocycles. The summed E-state index contributed by atoms with van der Waals surface area (Å²) in [5, 5.41) is 8.12. The van der Waals surface area contributed by atoms with Gasteiger partial charge in [0.15, 0.2) is 5.82 Å².